The lowest BCUT2D eigenvalue weighted by Gasteiger charge is -2.47. The SMILES string of the molecule is CC1(C)C(C(=O)C2CCOC3(CCC3)C2)C1(C)C. The summed E-state index contributed by atoms with van der Waals surface area (Å²) < 4.78 is 5.93. The zero-order chi connectivity index (χ0) is 13.2. The molecule has 0 amide bonds. The summed E-state index contributed by atoms with van der Waals surface area (Å²) in [6, 6.07) is 0. The molecule has 0 aromatic heterocycles. The lowest BCUT2D eigenvalue weighted by molar-refractivity contribution is -0.157. The molecule has 1 aliphatic heterocycles. The van der Waals surface area contributed by atoms with Crippen molar-refractivity contribution in [2.45, 2.75) is 65.4 Å². The van der Waals surface area contributed by atoms with Gasteiger partial charge in [-0.15, -0.1) is 0 Å². The van der Waals surface area contributed by atoms with Gasteiger partial charge in [-0.3, -0.25) is 4.79 Å². The first-order valence-corrected chi connectivity index (χ1v) is 7.48. The summed E-state index contributed by atoms with van der Waals surface area (Å²) in [5.41, 5.74) is 0.478. The maximum atomic E-state index is 12.8. The number of hydrogen-bond donors (Lipinski definition) is 0. The fourth-order valence-electron chi connectivity index (χ4n) is 4.33. The molecular formula is C16H26O2. The second-order valence-corrected chi connectivity index (χ2v) is 7.85. The van der Waals surface area contributed by atoms with Gasteiger partial charge in [0.1, 0.15) is 5.78 Å². The lowest BCUT2D eigenvalue weighted by Crippen LogP contribution is -2.47. The molecule has 2 heteroatoms. The molecule has 1 saturated heterocycles. The van der Waals surface area contributed by atoms with Crippen molar-refractivity contribution < 1.29 is 9.53 Å². The van der Waals surface area contributed by atoms with Crippen LogP contribution < -0.4 is 0 Å². The Kier molecular flexibility index (Phi) is 2.53. The van der Waals surface area contributed by atoms with Crippen LogP contribution in [0.3, 0.4) is 0 Å². The van der Waals surface area contributed by atoms with Gasteiger partial charge in [-0.25, -0.2) is 0 Å². The molecule has 2 aliphatic carbocycles. The van der Waals surface area contributed by atoms with Gasteiger partial charge in [0.15, 0.2) is 0 Å². The third-order valence-electron chi connectivity index (χ3n) is 6.47. The first-order valence-electron chi connectivity index (χ1n) is 7.48. The van der Waals surface area contributed by atoms with Crippen molar-refractivity contribution in [3.63, 3.8) is 0 Å². The van der Waals surface area contributed by atoms with Crippen molar-refractivity contribution in [1.82, 2.24) is 0 Å². The molecule has 102 valence electrons. The van der Waals surface area contributed by atoms with Gasteiger partial charge in [0.05, 0.1) is 5.60 Å². The maximum absolute atomic E-state index is 12.8. The maximum Gasteiger partial charge on any atom is 0.140 e. The highest BCUT2D eigenvalue weighted by molar-refractivity contribution is 5.88. The molecule has 0 aromatic carbocycles. The van der Waals surface area contributed by atoms with Crippen LogP contribution in [0.15, 0.2) is 0 Å². The molecule has 2 saturated carbocycles. The van der Waals surface area contributed by atoms with Crippen LogP contribution in [0.5, 0.6) is 0 Å². The van der Waals surface area contributed by atoms with E-state index in [0.29, 0.717) is 5.78 Å². The molecular weight excluding hydrogens is 224 g/mol. The average Bonchev–Trinajstić information content (AvgIpc) is 2.67. The second kappa shape index (κ2) is 3.59. The van der Waals surface area contributed by atoms with Crippen molar-refractivity contribution in [2.24, 2.45) is 22.7 Å². The Labute approximate surface area is 110 Å². The van der Waals surface area contributed by atoms with Crippen molar-refractivity contribution in [3.05, 3.63) is 0 Å². The van der Waals surface area contributed by atoms with E-state index in [9.17, 15) is 4.79 Å². The highest BCUT2D eigenvalue weighted by Crippen LogP contribution is 2.69. The van der Waals surface area contributed by atoms with E-state index in [1.165, 1.54) is 19.3 Å². The second-order valence-electron chi connectivity index (χ2n) is 7.85. The van der Waals surface area contributed by atoms with Crippen LogP contribution in [0.4, 0.5) is 0 Å². The fourth-order valence-corrected chi connectivity index (χ4v) is 4.33. The molecule has 1 spiro atoms. The smallest absolute Gasteiger partial charge is 0.140 e. The van der Waals surface area contributed by atoms with E-state index >= 15 is 0 Å². The molecule has 0 N–H and O–H groups in total. The van der Waals surface area contributed by atoms with Crippen LogP contribution in [0.25, 0.3) is 0 Å². The number of carbonyl (C=O) groups is 1. The van der Waals surface area contributed by atoms with E-state index in [1.54, 1.807) is 0 Å². The number of rotatable bonds is 2. The van der Waals surface area contributed by atoms with E-state index in [1.807, 2.05) is 0 Å². The first kappa shape index (κ1) is 12.7. The van der Waals surface area contributed by atoms with Gasteiger partial charge in [-0.1, -0.05) is 27.7 Å². The standard InChI is InChI=1S/C16H26O2/c1-14(2)13(15(14,3)4)12(17)11-6-9-18-16(10-11)7-5-8-16/h11,13H,5-10H2,1-4H3. The molecule has 3 rings (SSSR count). The molecule has 2 nitrogen and oxygen atoms in total. The summed E-state index contributed by atoms with van der Waals surface area (Å²) in [5, 5.41) is 0. The summed E-state index contributed by atoms with van der Waals surface area (Å²) in [5.74, 6) is 1.06. The van der Waals surface area contributed by atoms with Crippen molar-refractivity contribution >= 4 is 5.78 Å². The number of ether oxygens (including phenoxy) is 1. The van der Waals surface area contributed by atoms with Crippen LogP contribution in [0.2, 0.25) is 0 Å². The van der Waals surface area contributed by atoms with Crippen molar-refractivity contribution in [2.75, 3.05) is 6.61 Å². The Bertz CT molecular complexity index is 363. The molecule has 3 aliphatic rings. The summed E-state index contributed by atoms with van der Waals surface area (Å²) >= 11 is 0. The summed E-state index contributed by atoms with van der Waals surface area (Å²) in [6.07, 6.45) is 5.57. The van der Waals surface area contributed by atoms with Gasteiger partial charge in [-0.05, 0) is 42.9 Å². The Hall–Kier alpha value is -0.370. The first-order chi connectivity index (χ1) is 8.30. The molecule has 3 fully saturated rings. The van der Waals surface area contributed by atoms with Gasteiger partial charge in [0.2, 0.25) is 0 Å². The molecule has 1 atom stereocenters. The van der Waals surface area contributed by atoms with Crippen molar-refractivity contribution in [3.8, 4) is 0 Å². The Morgan fingerprint density at radius 3 is 2.17 bits per heavy atom. The van der Waals surface area contributed by atoms with E-state index in [0.717, 1.165) is 19.4 Å². The molecule has 1 heterocycles. The van der Waals surface area contributed by atoms with Crippen LogP contribution in [0, 0.1) is 22.7 Å². The minimum absolute atomic E-state index is 0.0990. The van der Waals surface area contributed by atoms with Crippen molar-refractivity contribution in [1.29, 1.82) is 0 Å². The van der Waals surface area contributed by atoms with Crippen LogP contribution >= 0.6 is 0 Å². The van der Waals surface area contributed by atoms with Crippen LogP contribution in [-0.4, -0.2) is 18.0 Å². The topological polar surface area (TPSA) is 26.3 Å². The van der Waals surface area contributed by atoms with E-state index in [-0.39, 0.29) is 28.3 Å². The predicted molar refractivity (Wildman–Crippen MR) is 71.3 cm³/mol. The summed E-state index contributed by atoms with van der Waals surface area (Å²) in [6.45, 7) is 9.77. The highest BCUT2D eigenvalue weighted by atomic mass is 16.5. The minimum Gasteiger partial charge on any atom is -0.375 e. The highest BCUT2D eigenvalue weighted by Gasteiger charge is 2.68. The van der Waals surface area contributed by atoms with Crippen LogP contribution in [-0.2, 0) is 9.53 Å². The Balaban J connectivity index is 1.70. The number of hydrogen-bond acceptors (Lipinski definition) is 2. The molecule has 18 heavy (non-hydrogen) atoms. The normalized spacial score (nSPS) is 36.1. The third kappa shape index (κ3) is 1.54. The quantitative estimate of drug-likeness (QED) is 0.748. The summed E-state index contributed by atoms with van der Waals surface area (Å²) in [4.78, 5) is 12.8. The average molecular weight is 250 g/mol. The molecule has 1 unspecified atom stereocenters. The van der Waals surface area contributed by atoms with E-state index in [4.69, 9.17) is 4.74 Å². The van der Waals surface area contributed by atoms with Gasteiger partial charge >= 0.3 is 0 Å². The van der Waals surface area contributed by atoms with E-state index in [2.05, 4.69) is 27.7 Å². The number of ketones is 1. The fraction of sp³-hybridized carbons (Fsp3) is 0.938. The Morgan fingerprint density at radius 2 is 1.72 bits per heavy atom. The number of carbonyl (C=O) groups excluding carboxylic acids is 1. The monoisotopic (exact) mass is 250 g/mol. The largest absolute Gasteiger partial charge is 0.375 e. The Morgan fingerprint density at radius 1 is 1.11 bits per heavy atom. The van der Waals surface area contributed by atoms with Gasteiger partial charge in [0, 0.05) is 18.4 Å². The molecule has 0 aromatic rings. The van der Waals surface area contributed by atoms with E-state index < -0.39 is 0 Å². The zero-order valence-electron chi connectivity index (χ0n) is 12.2. The minimum atomic E-state index is 0.0990. The molecule has 0 radical (unpaired) electrons. The van der Waals surface area contributed by atoms with Gasteiger partial charge in [-0.2, -0.15) is 0 Å². The predicted octanol–water partition coefficient (Wildman–Crippen LogP) is 3.59. The number of Topliss-reactive ketones (excluding diaryl/α,β-unsaturated/α-hetero) is 1. The molecule has 0 bridgehead atoms. The zero-order valence-corrected chi connectivity index (χ0v) is 12.2. The third-order valence-corrected chi connectivity index (χ3v) is 6.47. The van der Waals surface area contributed by atoms with Gasteiger partial charge < -0.3 is 4.74 Å². The van der Waals surface area contributed by atoms with Crippen LogP contribution in [0.1, 0.15) is 59.8 Å². The summed E-state index contributed by atoms with van der Waals surface area (Å²) in [7, 11) is 0. The lowest BCUT2D eigenvalue weighted by atomic mass is 9.70. The van der Waals surface area contributed by atoms with Gasteiger partial charge in [0.25, 0.3) is 0 Å².